The van der Waals surface area contributed by atoms with Gasteiger partial charge in [-0.25, -0.2) is 0 Å². The minimum absolute atomic E-state index is 0.545. The Morgan fingerprint density at radius 3 is 0.857 bits per heavy atom. The lowest BCUT2D eigenvalue weighted by atomic mass is 9.67. The number of benzene rings is 10. The largest absolute Gasteiger partial charge is 0.455 e. The van der Waals surface area contributed by atoms with Crippen LogP contribution in [0.25, 0.3) is 99.5 Å². The molecule has 0 fully saturated rings. The predicted molar refractivity (Wildman–Crippen MR) is 260 cm³/mol. The van der Waals surface area contributed by atoms with Crippen molar-refractivity contribution in [1.82, 2.24) is 0 Å². The molecule has 1 aliphatic carbocycles. The van der Waals surface area contributed by atoms with Gasteiger partial charge in [0, 0.05) is 43.8 Å². The van der Waals surface area contributed by atoms with Gasteiger partial charge in [0.15, 0.2) is 0 Å². The summed E-state index contributed by atoms with van der Waals surface area (Å²) >= 11 is 0. The molecule has 0 amide bonds. The average molecular weight is 803 g/mol. The van der Waals surface area contributed by atoms with E-state index in [1.54, 1.807) is 0 Å². The summed E-state index contributed by atoms with van der Waals surface area (Å²) in [5.41, 5.74) is 19.5. The van der Waals surface area contributed by atoms with Gasteiger partial charge in [-0.1, -0.05) is 231 Å². The summed E-state index contributed by atoms with van der Waals surface area (Å²) in [4.78, 5) is 0. The molecule has 2 heterocycles. The van der Waals surface area contributed by atoms with Crippen molar-refractivity contribution >= 4 is 43.9 Å². The Balaban J connectivity index is 0.955. The van der Waals surface area contributed by atoms with Gasteiger partial charge in [0.1, 0.15) is 22.3 Å². The highest BCUT2D eigenvalue weighted by Gasteiger charge is 2.46. The van der Waals surface area contributed by atoms with Gasteiger partial charge in [-0.05, 0) is 55.6 Å². The zero-order chi connectivity index (χ0) is 41.5. The molecule has 0 saturated heterocycles. The SMILES string of the molecule is c1ccc(-c2cccc3c2oc2c(-c4ccc(C5(c6ccc(-c7cccc8c7oc7c(-c9ccccc9)cccc78)cc6)c6ccccc6-c6ccccc65)cc4)cccc23)cc1. The Kier molecular flexibility index (Phi) is 7.85. The van der Waals surface area contributed by atoms with Crippen LogP contribution in [-0.4, -0.2) is 0 Å². The molecule has 12 aromatic rings. The number of hydrogen-bond donors (Lipinski definition) is 0. The molecule has 0 radical (unpaired) electrons. The summed E-state index contributed by atoms with van der Waals surface area (Å²) in [5, 5.41) is 4.49. The molecule has 0 unspecified atom stereocenters. The fourth-order valence-electron chi connectivity index (χ4n) is 10.6. The molecule has 2 nitrogen and oxygen atoms in total. The quantitative estimate of drug-likeness (QED) is 0.167. The highest BCUT2D eigenvalue weighted by Crippen LogP contribution is 2.56. The van der Waals surface area contributed by atoms with Gasteiger partial charge < -0.3 is 8.83 Å². The molecule has 10 aromatic carbocycles. The third-order valence-electron chi connectivity index (χ3n) is 13.4. The predicted octanol–water partition coefficient (Wildman–Crippen LogP) is 16.5. The first-order valence-corrected chi connectivity index (χ1v) is 21.7. The Labute approximate surface area is 365 Å². The van der Waals surface area contributed by atoms with E-state index in [2.05, 4.69) is 231 Å². The van der Waals surface area contributed by atoms with Gasteiger partial charge >= 0.3 is 0 Å². The summed E-state index contributed by atoms with van der Waals surface area (Å²) in [6.45, 7) is 0. The third-order valence-corrected chi connectivity index (χ3v) is 13.4. The molecular formula is C61H38O2. The highest BCUT2D eigenvalue weighted by atomic mass is 16.3. The molecule has 0 N–H and O–H groups in total. The lowest BCUT2D eigenvalue weighted by Gasteiger charge is -2.34. The van der Waals surface area contributed by atoms with Crippen molar-refractivity contribution in [3.05, 3.63) is 253 Å². The molecule has 0 spiro atoms. The Morgan fingerprint density at radius 1 is 0.222 bits per heavy atom. The van der Waals surface area contributed by atoms with Crippen LogP contribution in [0, 0.1) is 0 Å². The molecule has 0 aliphatic heterocycles. The van der Waals surface area contributed by atoms with Gasteiger partial charge in [-0.15, -0.1) is 0 Å². The van der Waals surface area contributed by atoms with E-state index in [1.165, 1.54) is 33.4 Å². The highest BCUT2D eigenvalue weighted by molar-refractivity contribution is 6.14. The number of para-hydroxylation sites is 4. The summed E-state index contributed by atoms with van der Waals surface area (Å²) in [7, 11) is 0. The zero-order valence-electron chi connectivity index (χ0n) is 34.3. The van der Waals surface area contributed by atoms with Crippen molar-refractivity contribution in [2.45, 2.75) is 5.41 Å². The van der Waals surface area contributed by atoms with Crippen molar-refractivity contribution in [2.24, 2.45) is 0 Å². The van der Waals surface area contributed by atoms with Crippen LogP contribution < -0.4 is 0 Å². The molecule has 2 aromatic heterocycles. The fourth-order valence-corrected chi connectivity index (χ4v) is 10.6. The van der Waals surface area contributed by atoms with Crippen molar-refractivity contribution in [1.29, 1.82) is 0 Å². The first-order valence-electron chi connectivity index (χ1n) is 21.7. The maximum atomic E-state index is 6.85. The summed E-state index contributed by atoms with van der Waals surface area (Å²) < 4.78 is 13.7. The summed E-state index contributed by atoms with van der Waals surface area (Å²) in [6.07, 6.45) is 0. The number of hydrogen-bond acceptors (Lipinski definition) is 2. The number of furan rings is 2. The molecule has 0 atom stereocenters. The van der Waals surface area contributed by atoms with Crippen molar-refractivity contribution in [3.8, 4) is 55.6 Å². The molecule has 2 heteroatoms. The lowest BCUT2D eigenvalue weighted by molar-refractivity contribution is 0.670. The molecule has 63 heavy (non-hydrogen) atoms. The van der Waals surface area contributed by atoms with Crippen molar-refractivity contribution in [2.75, 3.05) is 0 Å². The second-order valence-corrected chi connectivity index (χ2v) is 16.7. The smallest absolute Gasteiger partial charge is 0.143 e. The van der Waals surface area contributed by atoms with Crippen molar-refractivity contribution < 1.29 is 8.83 Å². The second-order valence-electron chi connectivity index (χ2n) is 16.7. The monoisotopic (exact) mass is 802 g/mol. The second kappa shape index (κ2) is 13.9. The molecule has 294 valence electrons. The van der Waals surface area contributed by atoms with Gasteiger partial charge in [0.05, 0.1) is 5.41 Å². The minimum Gasteiger partial charge on any atom is -0.455 e. The van der Waals surface area contributed by atoms with Crippen LogP contribution in [0.3, 0.4) is 0 Å². The maximum absolute atomic E-state index is 6.85. The van der Waals surface area contributed by atoms with Crippen LogP contribution >= 0.6 is 0 Å². The van der Waals surface area contributed by atoms with E-state index in [1.807, 2.05) is 0 Å². The molecule has 13 rings (SSSR count). The first kappa shape index (κ1) is 35.5. The lowest BCUT2D eigenvalue weighted by Crippen LogP contribution is -2.28. The molecular weight excluding hydrogens is 765 g/mol. The first-order chi connectivity index (χ1) is 31.3. The fraction of sp³-hybridized carbons (Fsp3) is 0.0164. The topological polar surface area (TPSA) is 26.3 Å². The van der Waals surface area contributed by atoms with E-state index in [4.69, 9.17) is 8.83 Å². The van der Waals surface area contributed by atoms with E-state index < -0.39 is 5.41 Å². The van der Waals surface area contributed by atoms with Crippen molar-refractivity contribution in [3.63, 3.8) is 0 Å². The maximum Gasteiger partial charge on any atom is 0.143 e. The van der Waals surface area contributed by atoms with E-state index in [0.717, 1.165) is 88.4 Å². The van der Waals surface area contributed by atoms with E-state index in [0.29, 0.717) is 0 Å². The molecule has 0 saturated carbocycles. The minimum atomic E-state index is -0.545. The van der Waals surface area contributed by atoms with Gasteiger partial charge in [-0.3, -0.25) is 0 Å². The Hall–Kier alpha value is -8.20. The molecule has 0 bridgehead atoms. The van der Waals surface area contributed by atoms with E-state index >= 15 is 0 Å². The average Bonchev–Trinajstić information content (AvgIpc) is 4.04. The van der Waals surface area contributed by atoms with Gasteiger partial charge in [0.2, 0.25) is 0 Å². The van der Waals surface area contributed by atoms with Gasteiger partial charge in [-0.2, -0.15) is 0 Å². The third kappa shape index (κ3) is 5.25. The summed E-state index contributed by atoms with van der Waals surface area (Å²) in [5.74, 6) is 0. The Morgan fingerprint density at radius 2 is 0.508 bits per heavy atom. The number of fused-ring (bicyclic) bond motifs is 9. The summed E-state index contributed by atoms with van der Waals surface area (Å²) in [6, 6.07) is 83.2. The Bertz CT molecular complexity index is 3450. The van der Waals surface area contributed by atoms with Crippen LogP contribution in [0.1, 0.15) is 22.3 Å². The number of rotatable bonds is 6. The van der Waals surface area contributed by atoms with Gasteiger partial charge in [0.25, 0.3) is 0 Å². The van der Waals surface area contributed by atoms with Crippen LogP contribution in [0.5, 0.6) is 0 Å². The van der Waals surface area contributed by atoms with Crippen LogP contribution in [0.2, 0.25) is 0 Å². The standard InChI is InChI=1S/C61H38O2/c1-3-15-39(16-4-1)45-21-11-25-51-53-27-13-23-47(59(53)62-57(45)51)41-31-35-43(36-32-41)61(55-29-9-7-19-49(55)50-20-8-10-30-56(50)61)44-37-33-42(34-38-44)48-24-14-28-54-52-26-12-22-46(58(52)63-60(48)54)40-17-5-2-6-18-40/h1-38H. The van der Waals surface area contributed by atoms with Crippen LogP contribution in [-0.2, 0) is 5.41 Å². The van der Waals surface area contributed by atoms with E-state index in [9.17, 15) is 0 Å². The normalized spacial score (nSPS) is 12.9. The van der Waals surface area contributed by atoms with E-state index in [-0.39, 0.29) is 0 Å². The van der Waals surface area contributed by atoms with Crippen LogP contribution in [0.4, 0.5) is 0 Å². The van der Waals surface area contributed by atoms with Crippen LogP contribution in [0.15, 0.2) is 239 Å². The zero-order valence-corrected chi connectivity index (χ0v) is 34.3. The molecule has 1 aliphatic rings.